The van der Waals surface area contributed by atoms with Gasteiger partial charge in [0.1, 0.15) is 5.82 Å². The van der Waals surface area contributed by atoms with Gasteiger partial charge in [0.05, 0.1) is 18.3 Å². The van der Waals surface area contributed by atoms with E-state index in [1.807, 2.05) is 0 Å². The minimum atomic E-state index is -0.872. The van der Waals surface area contributed by atoms with Gasteiger partial charge in [-0.25, -0.2) is 4.39 Å². The van der Waals surface area contributed by atoms with Gasteiger partial charge >= 0.3 is 0 Å². The van der Waals surface area contributed by atoms with E-state index in [1.165, 1.54) is 22.9 Å². The fraction of sp³-hybridized carbons (Fsp3) is 0.448. The van der Waals surface area contributed by atoms with Crippen LogP contribution in [0.15, 0.2) is 66.7 Å². The van der Waals surface area contributed by atoms with Crippen molar-refractivity contribution in [2.45, 2.75) is 37.6 Å². The third-order valence-corrected chi connectivity index (χ3v) is 7.79. The lowest BCUT2D eigenvalue weighted by Crippen LogP contribution is -2.52. The molecule has 1 saturated heterocycles. The average molecular weight is 463 g/mol. The highest BCUT2D eigenvalue weighted by molar-refractivity contribution is 5.83. The molecule has 2 aliphatic rings. The lowest BCUT2D eigenvalue weighted by atomic mass is 9.70. The average Bonchev–Trinajstić information content (AvgIpc) is 2.86. The van der Waals surface area contributed by atoms with Crippen LogP contribution in [0.5, 0.6) is 0 Å². The van der Waals surface area contributed by atoms with E-state index in [0.717, 1.165) is 56.7 Å². The van der Waals surface area contributed by atoms with Crippen LogP contribution >= 0.6 is 0 Å². The smallest absolute Gasteiger partial charge is 0.123 e. The first-order chi connectivity index (χ1) is 16.5. The third kappa shape index (κ3) is 5.18. The van der Waals surface area contributed by atoms with E-state index < -0.39 is 5.60 Å². The maximum absolute atomic E-state index is 13.2. The van der Waals surface area contributed by atoms with Crippen LogP contribution < -0.4 is 0 Å². The van der Waals surface area contributed by atoms with Gasteiger partial charge in [-0.1, -0.05) is 48.5 Å². The molecule has 34 heavy (non-hydrogen) atoms. The van der Waals surface area contributed by atoms with E-state index in [0.29, 0.717) is 13.0 Å². The van der Waals surface area contributed by atoms with Crippen LogP contribution in [0, 0.1) is 11.7 Å². The Kier molecular flexibility index (Phi) is 6.98. The van der Waals surface area contributed by atoms with Crippen molar-refractivity contribution in [2.75, 3.05) is 39.8 Å². The van der Waals surface area contributed by atoms with Gasteiger partial charge in [-0.2, -0.15) is 0 Å². The summed E-state index contributed by atoms with van der Waals surface area (Å²) in [5.74, 6) is -0.141. The van der Waals surface area contributed by atoms with Gasteiger partial charge in [-0.05, 0) is 66.4 Å². The van der Waals surface area contributed by atoms with Crippen LogP contribution in [0.25, 0.3) is 10.8 Å². The molecule has 0 radical (unpaired) electrons. The van der Waals surface area contributed by atoms with E-state index in [4.69, 9.17) is 4.74 Å². The number of ether oxygens (including phenoxy) is 1. The predicted octanol–water partition coefficient (Wildman–Crippen LogP) is 4.80. The van der Waals surface area contributed by atoms with Gasteiger partial charge in [-0.15, -0.1) is 0 Å². The molecule has 0 amide bonds. The van der Waals surface area contributed by atoms with Crippen molar-refractivity contribution in [3.63, 3.8) is 0 Å². The van der Waals surface area contributed by atoms with Crippen LogP contribution in [-0.4, -0.2) is 60.8 Å². The molecular weight excluding hydrogens is 427 g/mol. The largest absolute Gasteiger partial charge is 0.385 e. The second-order valence-corrected chi connectivity index (χ2v) is 10.1. The lowest BCUT2D eigenvalue weighted by molar-refractivity contribution is -0.114. The Balaban J connectivity index is 1.35. The zero-order valence-corrected chi connectivity index (χ0v) is 20.0. The summed E-state index contributed by atoms with van der Waals surface area (Å²) in [6, 6.07) is 21.3. The molecule has 2 fully saturated rings. The van der Waals surface area contributed by atoms with Crippen LogP contribution in [0.4, 0.5) is 4.39 Å². The molecule has 5 heteroatoms. The molecule has 0 spiro atoms. The van der Waals surface area contributed by atoms with Crippen molar-refractivity contribution in [1.29, 1.82) is 0 Å². The monoisotopic (exact) mass is 462 g/mol. The summed E-state index contributed by atoms with van der Waals surface area (Å²) in [7, 11) is 2.17. The number of hydrogen-bond donors (Lipinski definition) is 1. The van der Waals surface area contributed by atoms with Gasteiger partial charge in [0, 0.05) is 38.6 Å². The topological polar surface area (TPSA) is 35.9 Å². The summed E-state index contributed by atoms with van der Waals surface area (Å²) in [5, 5.41) is 14.5. The number of rotatable bonds is 6. The van der Waals surface area contributed by atoms with Crippen LogP contribution in [0.1, 0.15) is 30.4 Å². The summed E-state index contributed by atoms with van der Waals surface area (Å²) in [6.45, 7) is 5.52. The molecule has 1 aliphatic carbocycles. The van der Waals surface area contributed by atoms with E-state index in [9.17, 15) is 9.50 Å². The van der Waals surface area contributed by atoms with Gasteiger partial charge in [0.25, 0.3) is 0 Å². The van der Waals surface area contributed by atoms with Gasteiger partial charge in [0.2, 0.25) is 0 Å². The molecule has 3 aromatic carbocycles. The van der Waals surface area contributed by atoms with Crippen molar-refractivity contribution in [1.82, 2.24) is 9.80 Å². The summed E-state index contributed by atoms with van der Waals surface area (Å²) >= 11 is 0. The first-order valence-electron chi connectivity index (χ1n) is 12.5. The molecular formula is C29H35FN2O2. The maximum atomic E-state index is 13.2. The Morgan fingerprint density at radius 3 is 2.47 bits per heavy atom. The molecule has 0 aromatic heterocycles. The zero-order valence-electron chi connectivity index (χ0n) is 20.0. The number of nitrogens with zero attached hydrogens (tertiary/aromatic N) is 2. The quantitative estimate of drug-likeness (QED) is 0.571. The number of benzene rings is 3. The molecule has 5 rings (SSSR count). The second kappa shape index (κ2) is 10.1. The molecule has 0 bridgehead atoms. The molecule has 1 N–H and O–H groups in total. The highest BCUT2D eigenvalue weighted by atomic mass is 19.1. The van der Waals surface area contributed by atoms with E-state index >= 15 is 0 Å². The first kappa shape index (κ1) is 23.4. The second-order valence-electron chi connectivity index (χ2n) is 10.1. The molecule has 3 aromatic rings. The highest BCUT2D eigenvalue weighted by Gasteiger charge is 2.44. The van der Waals surface area contributed by atoms with Crippen LogP contribution in [0.2, 0.25) is 0 Å². The van der Waals surface area contributed by atoms with Crippen molar-refractivity contribution in [2.24, 2.45) is 5.92 Å². The minimum Gasteiger partial charge on any atom is -0.385 e. The Morgan fingerprint density at radius 1 is 0.971 bits per heavy atom. The number of likely N-dealkylation sites (N-methyl/N-ethyl adjacent to an activating group) is 1. The minimum absolute atomic E-state index is 0.0863. The molecule has 4 nitrogen and oxygen atoms in total. The predicted molar refractivity (Wildman–Crippen MR) is 134 cm³/mol. The fourth-order valence-corrected chi connectivity index (χ4v) is 5.57. The van der Waals surface area contributed by atoms with Crippen LogP contribution in [-0.2, 0) is 16.9 Å². The molecule has 3 unspecified atom stereocenters. The zero-order chi connectivity index (χ0) is 23.5. The van der Waals surface area contributed by atoms with E-state index in [2.05, 4.69) is 59.3 Å². The first-order valence-corrected chi connectivity index (χ1v) is 12.5. The van der Waals surface area contributed by atoms with Crippen molar-refractivity contribution < 1.29 is 14.2 Å². The van der Waals surface area contributed by atoms with Crippen molar-refractivity contribution >= 4 is 10.8 Å². The number of halogens is 1. The molecule has 1 aliphatic heterocycles. The van der Waals surface area contributed by atoms with Crippen LogP contribution in [0.3, 0.4) is 0 Å². The summed E-state index contributed by atoms with van der Waals surface area (Å²) in [6.07, 6.45) is 2.39. The number of aliphatic hydroxyl groups is 1. The number of piperazine rings is 1. The Labute approximate surface area is 201 Å². The van der Waals surface area contributed by atoms with Crippen molar-refractivity contribution in [3.05, 3.63) is 83.7 Å². The third-order valence-electron chi connectivity index (χ3n) is 7.79. The molecule has 1 heterocycles. The number of hydrogen-bond acceptors (Lipinski definition) is 4. The summed E-state index contributed by atoms with van der Waals surface area (Å²) < 4.78 is 19.5. The SMILES string of the molecule is CN1CCN(CC2CC(OCc3ccc(F)cc3)CCC2(O)c2ccc3ccccc3c2)CC1. The molecule has 180 valence electrons. The Morgan fingerprint density at radius 2 is 1.71 bits per heavy atom. The maximum Gasteiger partial charge on any atom is 0.123 e. The summed E-state index contributed by atoms with van der Waals surface area (Å²) in [4.78, 5) is 4.86. The van der Waals surface area contributed by atoms with E-state index in [1.54, 1.807) is 12.1 Å². The fourth-order valence-electron chi connectivity index (χ4n) is 5.57. The van der Waals surface area contributed by atoms with E-state index in [-0.39, 0.29) is 17.8 Å². The normalized spacial score (nSPS) is 26.7. The Bertz CT molecular complexity index is 1100. The standard InChI is InChI=1S/C29H35FN2O2/c1-31-14-16-32(17-15-31)20-26-19-28(34-21-22-6-10-27(30)11-7-22)12-13-29(26,33)25-9-8-23-4-2-3-5-24(23)18-25/h2-11,18,26,28,33H,12-17,19-21H2,1H3. The molecule has 1 saturated carbocycles. The lowest BCUT2D eigenvalue weighted by Gasteiger charge is -2.46. The van der Waals surface area contributed by atoms with Gasteiger partial charge in [0.15, 0.2) is 0 Å². The molecule has 3 atom stereocenters. The highest BCUT2D eigenvalue weighted by Crippen LogP contribution is 2.44. The number of fused-ring (bicyclic) bond motifs is 1. The van der Waals surface area contributed by atoms with Gasteiger partial charge < -0.3 is 19.6 Å². The Hall–Kier alpha value is -2.31. The van der Waals surface area contributed by atoms with Gasteiger partial charge in [-0.3, -0.25) is 0 Å². The van der Waals surface area contributed by atoms with Crippen molar-refractivity contribution in [3.8, 4) is 0 Å². The summed E-state index contributed by atoms with van der Waals surface area (Å²) in [5.41, 5.74) is 1.12.